The molecule has 2 N–H and O–H groups in total. The zero-order chi connectivity index (χ0) is 14.3. The number of hydrogen-bond donors (Lipinski definition) is 2. The molecule has 0 saturated carbocycles. The van der Waals surface area contributed by atoms with E-state index in [9.17, 15) is 9.59 Å². The molecule has 0 unspecified atom stereocenters. The van der Waals surface area contributed by atoms with Gasteiger partial charge < -0.3 is 10.2 Å². The molecule has 0 atom stereocenters. The molecular weight excluding hydrogens is 227 g/mol. The summed E-state index contributed by atoms with van der Waals surface area (Å²) < 4.78 is 1.33. The van der Waals surface area contributed by atoms with Gasteiger partial charge in [0.05, 0.1) is 0 Å². The fraction of sp³-hybridized carbons (Fsp3) is 0.385. The fourth-order valence-corrected chi connectivity index (χ4v) is 1.18. The van der Waals surface area contributed by atoms with Gasteiger partial charge in [0.25, 0.3) is 0 Å². The molecule has 0 radical (unpaired) electrons. The van der Waals surface area contributed by atoms with Crippen LogP contribution < -0.4 is 4.24 Å². The van der Waals surface area contributed by atoms with E-state index in [1.165, 1.54) is 9.80 Å². The van der Waals surface area contributed by atoms with Gasteiger partial charge in [0.2, 0.25) is 0 Å². The third kappa shape index (κ3) is 7.94. The Balaban J connectivity index is 0.000000360. The number of rotatable bonds is 2. The van der Waals surface area contributed by atoms with E-state index in [0.29, 0.717) is 0 Å². The van der Waals surface area contributed by atoms with Crippen molar-refractivity contribution >= 4 is 33.9 Å². The molecule has 1 aromatic rings. The Morgan fingerprint density at radius 1 is 1.06 bits per heavy atom. The zero-order valence-corrected chi connectivity index (χ0v) is 11.2. The minimum atomic E-state index is -1.31. The van der Waals surface area contributed by atoms with Crippen LogP contribution in [0.3, 0.4) is 0 Å². The van der Waals surface area contributed by atoms with Crippen molar-refractivity contribution in [2.45, 2.75) is 32.6 Å². The first-order valence-corrected chi connectivity index (χ1v) is 5.63. The Morgan fingerprint density at radius 3 is 1.67 bits per heavy atom. The van der Waals surface area contributed by atoms with E-state index in [1.54, 1.807) is 0 Å². The molecule has 0 aliphatic carbocycles. The normalized spacial score (nSPS) is 10.3. The fourth-order valence-electron chi connectivity index (χ4n) is 1.18. The van der Waals surface area contributed by atoms with Crippen LogP contribution in [-0.4, -0.2) is 39.9 Å². The van der Waals surface area contributed by atoms with Crippen molar-refractivity contribution in [1.29, 1.82) is 0 Å². The molecule has 0 heterocycles. The molecule has 0 aliphatic heterocycles. The summed E-state index contributed by atoms with van der Waals surface area (Å²) in [6.07, 6.45) is -0.806. The van der Waals surface area contributed by atoms with E-state index in [4.69, 9.17) is 10.2 Å². The first-order chi connectivity index (χ1) is 8.12. The Morgan fingerprint density at radius 2 is 1.44 bits per heavy atom. The number of hydrogen-bond acceptors (Lipinski definition) is 2. The third-order valence-electron chi connectivity index (χ3n) is 2.22. The van der Waals surface area contributed by atoms with Crippen LogP contribution in [0.4, 0.5) is 0 Å². The summed E-state index contributed by atoms with van der Waals surface area (Å²) in [6, 6.07) is 8.74. The van der Waals surface area contributed by atoms with Gasteiger partial charge in [-0.05, 0) is 0 Å². The first-order valence-electron chi connectivity index (χ1n) is 5.63. The molecule has 5 heteroatoms. The van der Waals surface area contributed by atoms with Crippen molar-refractivity contribution in [2.24, 2.45) is 0 Å². The minimum absolute atomic E-state index is 0.285. The van der Waals surface area contributed by atoms with Crippen LogP contribution in [0, 0.1) is 0 Å². The Kier molecular flexibility index (Phi) is 6.75. The monoisotopic (exact) mass is 244 g/mol. The van der Waals surface area contributed by atoms with E-state index in [1.807, 2.05) is 0 Å². The molecule has 0 aromatic heterocycles. The second-order valence-electron chi connectivity index (χ2n) is 5.08. The third-order valence-corrected chi connectivity index (χ3v) is 2.22. The molecule has 4 nitrogen and oxygen atoms in total. The summed E-state index contributed by atoms with van der Waals surface area (Å²) in [5, 5.41) is 15.4. The van der Waals surface area contributed by atoms with Gasteiger partial charge in [0.1, 0.15) is 6.42 Å². The predicted molar refractivity (Wildman–Crippen MR) is 70.4 cm³/mol. The van der Waals surface area contributed by atoms with E-state index in [0.717, 1.165) is 0 Å². The van der Waals surface area contributed by atoms with Gasteiger partial charge >= 0.3 is 89.9 Å². The Hall–Kier alpha value is -1.24. The Labute approximate surface area is 116 Å². The summed E-state index contributed by atoms with van der Waals surface area (Å²) in [5.74, 6) is -2.62. The molecular formula is C13H17LiO4. The Bertz CT molecular complexity index is 392. The van der Waals surface area contributed by atoms with E-state index < -0.39 is 18.4 Å². The van der Waals surface area contributed by atoms with Gasteiger partial charge in [-0.1, -0.05) is 0 Å². The average Bonchev–Trinajstić information content (AvgIpc) is 2.15. The molecule has 18 heavy (non-hydrogen) atoms. The van der Waals surface area contributed by atoms with Crippen molar-refractivity contribution in [2.75, 3.05) is 0 Å². The van der Waals surface area contributed by atoms with Crippen LogP contribution in [0.5, 0.6) is 0 Å². The summed E-state index contributed by atoms with van der Waals surface area (Å²) in [7, 11) is 0. The first kappa shape index (κ1) is 16.8. The van der Waals surface area contributed by atoms with Crippen molar-refractivity contribution in [3.05, 3.63) is 29.8 Å². The van der Waals surface area contributed by atoms with Gasteiger partial charge in [0, 0.05) is 0 Å². The van der Waals surface area contributed by atoms with Crippen molar-refractivity contribution in [1.82, 2.24) is 0 Å². The van der Waals surface area contributed by atoms with Crippen LogP contribution in [0.1, 0.15) is 32.8 Å². The summed E-state index contributed by atoms with van der Waals surface area (Å²) >= 11 is 2.12. The topological polar surface area (TPSA) is 74.6 Å². The number of carboxylic acid groups (broad SMARTS) is 2. The molecule has 0 fully saturated rings. The molecule has 0 saturated heterocycles. The van der Waals surface area contributed by atoms with Gasteiger partial charge in [-0.25, -0.2) is 0 Å². The van der Waals surface area contributed by atoms with Gasteiger partial charge in [-0.3, -0.25) is 9.59 Å². The molecule has 1 aromatic carbocycles. The number of carbonyl (C=O) groups is 2. The second kappa shape index (κ2) is 7.25. The van der Waals surface area contributed by atoms with E-state index >= 15 is 0 Å². The standard InChI is InChI=1S/C10H13.C3H4O4.Li/c1-10(2,3)9-7-5-4-6-8-9;4-2(5)1-3(6)7;/h5-8H,1-3H3;1H2,(H,4,5)(H,6,7);. The number of carboxylic acids is 2. The number of benzene rings is 1. The van der Waals surface area contributed by atoms with E-state index in [2.05, 4.69) is 62.8 Å². The maximum absolute atomic E-state index is 9.43. The van der Waals surface area contributed by atoms with Crippen molar-refractivity contribution in [3.8, 4) is 0 Å². The second-order valence-corrected chi connectivity index (χ2v) is 5.08. The van der Waals surface area contributed by atoms with Crippen LogP contribution in [0.15, 0.2) is 24.3 Å². The average molecular weight is 244 g/mol. The summed E-state index contributed by atoms with van der Waals surface area (Å²) in [5.41, 5.74) is 1.69. The maximum atomic E-state index is 9.43. The van der Waals surface area contributed by atoms with Crippen LogP contribution in [-0.2, 0) is 15.0 Å². The summed E-state index contributed by atoms with van der Waals surface area (Å²) in [4.78, 5) is 18.9. The van der Waals surface area contributed by atoms with Gasteiger partial charge in [-0.2, -0.15) is 0 Å². The molecule has 0 spiro atoms. The SMILES string of the molecule is O=C(O)CC(=O)O.[Li][c]1ccc(C(C)(C)C)cc1. The van der Waals surface area contributed by atoms with Crippen LogP contribution in [0.25, 0.3) is 0 Å². The summed E-state index contributed by atoms with van der Waals surface area (Å²) in [6.45, 7) is 6.70. The van der Waals surface area contributed by atoms with Crippen molar-refractivity contribution < 1.29 is 19.8 Å². The van der Waals surface area contributed by atoms with Crippen LogP contribution in [0.2, 0.25) is 0 Å². The molecule has 0 aliphatic rings. The predicted octanol–water partition coefficient (Wildman–Crippen LogP) is 1.32. The van der Waals surface area contributed by atoms with Gasteiger partial charge in [0.15, 0.2) is 0 Å². The molecule has 94 valence electrons. The molecule has 1 rings (SSSR count). The quantitative estimate of drug-likeness (QED) is 0.607. The van der Waals surface area contributed by atoms with Crippen molar-refractivity contribution in [3.63, 3.8) is 0 Å². The van der Waals surface area contributed by atoms with Crippen LogP contribution >= 0.6 is 0 Å². The number of aliphatic carboxylic acids is 2. The molecule has 0 amide bonds. The van der Waals surface area contributed by atoms with Gasteiger partial charge in [-0.15, -0.1) is 0 Å². The van der Waals surface area contributed by atoms with E-state index in [-0.39, 0.29) is 5.41 Å². The molecule has 0 bridgehead atoms. The zero-order valence-electron chi connectivity index (χ0n) is 11.2.